The molecule has 1 aromatic carbocycles. The van der Waals surface area contributed by atoms with Crippen LogP contribution in [0, 0.1) is 0 Å². The highest BCUT2D eigenvalue weighted by Crippen LogP contribution is 2.27. The Balaban J connectivity index is 2.19. The molecule has 1 aromatic heterocycles. The molecule has 0 aliphatic carbocycles. The van der Waals surface area contributed by atoms with E-state index in [1.165, 1.54) is 0 Å². The minimum atomic E-state index is -0.0772. The van der Waals surface area contributed by atoms with Gasteiger partial charge in [-0.05, 0) is 36.4 Å². The number of thiophene rings is 1. The van der Waals surface area contributed by atoms with Crippen molar-refractivity contribution in [2.24, 2.45) is 0 Å². The summed E-state index contributed by atoms with van der Waals surface area (Å²) in [5.41, 5.74) is 1.09. The second kappa shape index (κ2) is 6.36. The average Bonchev–Trinajstić information content (AvgIpc) is 2.92. The van der Waals surface area contributed by atoms with Gasteiger partial charge >= 0.3 is 0 Å². The molecular formula is C15H16O2S. The van der Waals surface area contributed by atoms with Gasteiger partial charge in [-0.25, -0.2) is 0 Å². The van der Waals surface area contributed by atoms with Crippen LogP contribution in [-0.2, 0) is 11.2 Å². The van der Waals surface area contributed by atoms with Crippen molar-refractivity contribution >= 4 is 17.6 Å². The monoisotopic (exact) mass is 260 g/mol. The van der Waals surface area contributed by atoms with Crippen LogP contribution in [0.1, 0.15) is 23.3 Å². The fourth-order valence-corrected chi connectivity index (χ4v) is 2.71. The quantitative estimate of drug-likeness (QED) is 0.741. The smallest absolute Gasteiger partial charge is 0.128 e. The summed E-state index contributed by atoms with van der Waals surface area (Å²) >= 11 is 1.62. The lowest BCUT2D eigenvalue weighted by Gasteiger charge is -2.13. The third kappa shape index (κ3) is 2.99. The molecule has 1 unspecified atom stereocenters. The van der Waals surface area contributed by atoms with E-state index in [9.17, 15) is 4.79 Å². The minimum Gasteiger partial charge on any atom is -0.494 e. The molecule has 3 heteroatoms. The zero-order valence-corrected chi connectivity index (χ0v) is 11.2. The van der Waals surface area contributed by atoms with Gasteiger partial charge < -0.3 is 9.53 Å². The normalized spacial score (nSPS) is 12.1. The van der Waals surface area contributed by atoms with Gasteiger partial charge in [0.2, 0.25) is 0 Å². The first-order valence-electron chi connectivity index (χ1n) is 6.04. The third-order valence-corrected chi connectivity index (χ3v) is 3.79. The molecule has 0 saturated carbocycles. The molecule has 2 aromatic rings. The summed E-state index contributed by atoms with van der Waals surface area (Å²) in [6.45, 7) is 2.61. The zero-order valence-electron chi connectivity index (χ0n) is 10.3. The van der Waals surface area contributed by atoms with E-state index in [-0.39, 0.29) is 5.92 Å². The van der Waals surface area contributed by atoms with Gasteiger partial charge in [0.15, 0.2) is 0 Å². The Kier molecular flexibility index (Phi) is 4.53. The van der Waals surface area contributed by atoms with Crippen LogP contribution in [-0.4, -0.2) is 12.9 Å². The van der Waals surface area contributed by atoms with Gasteiger partial charge in [-0.15, -0.1) is 11.3 Å². The predicted octanol–water partition coefficient (Wildman–Crippen LogP) is 3.67. The highest BCUT2D eigenvalue weighted by atomic mass is 32.1. The molecule has 0 bridgehead atoms. The molecule has 1 heterocycles. The predicted molar refractivity (Wildman–Crippen MR) is 74.4 cm³/mol. The lowest BCUT2D eigenvalue weighted by molar-refractivity contribution is -0.109. The lowest BCUT2D eigenvalue weighted by Crippen LogP contribution is -2.05. The van der Waals surface area contributed by atoms with Crippen molar-refractivity contribution < 1.29 is 9.53 Å². The number of hydrogen-bond donors (Lipinski definition) is 0. The van der Waals surface area contributed by atoms with Crippen LogP contribution in [0.2, 0.25) is 0 Å². The van der Waals surface area contributed by atoms with Crippen molar-refractivity contribution in [3.05, 3.63) is 52.2 Å². The van der Waals surface area contributed by atoms with Gasteiger partial charge in [-0.2, -0.15) is 0 Å². The maximum atomic E-state index is 11.2. The Hall–Kier alpha value is -1.61. The van der Waals surface area contributed by atoms with Crippen molar-refractivity contribution in [1.29, 1.82) is 0 Å². The Morgan fingerprint density at radius 2 is 2.11 bits per heavy atom. The Morgan fingerprint density at radius 3 is 2.78 bits per heavy atom. The number of hydrogen-bond acceptors (Lipinski definition) is 3. The first kappa shape index (κ1) is 12.8. The molecule has 0 spiro atoms. The topological polar surface area (TPSA) is 26.3 Å². The third-order valence-electron chi connectivity index (χ3n) is 2.79. The molecule has 1 atom stereocenters. The maximum absolute atomic E-state index is 11.2. The van der Waals surface area contributed by atoms with Crippen LogP contribution >= 0.6 is 11.3 Å². The van der Waals surface area contributed by atoms with Crippen molar-refractivity contribution in [3.63, 3.8) is 0 Å². The van der Waals surface area contributed by atoms with E-state index < -0.39 is 0 Å². The van der Waals surface area contributed by atoms with Gasteiger partial charge in [0, 0.05) is 4.88 Å². The maximum Gasteiger partial charge on any atom is 0.128 e. The molecule has 0 fully saturated rings. The van der Waals surface area contributed by atoms with Crippen LogP contribution in [0.25, 0.3) is 0 Å². The minimum absolute atomic E-state index is 0.0772. The summed E-state index contributed by atoms with van der Waals surface area (Å²) in [5, 5.41) is 2.00. The highest BCUT2D eigenvalue weighted by molar-refractivity contribution is 7.10. The summed E-state index contributed by atoms with van der Waals surface area (Å²) in [5.74, 6) is 0.801. The van der Waals surface area contributed by atoms with Crippen molar-refractivity contribution in [3.8, 4) is 5.75 Å². The number of aldehydes is 1. The van der Waals surface area contributed by atoms with Crippen molar-refractivity contribution in [2.45, 2.75) is 19.3 Å². The van der Waals surface area contributed by atoms with E-state index in [0.29, 0.717) is 13.0 Å². The molecule has 0 N–H and O–H groups in total. The lowest BCUT2D eigenvalue weighted by atomic mass is 9.98. The molecule has 0 radical (unpaired) electrons. The number of carbonyl (C=O) groups is 1. The SMILES string of the molecule is CCOc1ccccc1CC(C=O)c1cccs1. The van der Waals surface area contributed by atoms with Crippen LogP contribution in [0.4, 0.5) is 0 Å². The Labute approximate surface area is 111 Å². The number of para-hydroxylation sites is 1. The van der Waals surface area contributed by atoms with Gasteiger partial charge in [0.05, 0.1) is 12.5 Å². The van der Waals surface area contributed by atoms with Crippen molar-refractivity contribution in [2.75, 3.05) is 6.61 Å². The van der Waals surface area contributed by atoms with E-state index in [4.69, 9.17) is 4.74 Å². The standard InChI is InChI=1S/C15H16O2S/c1-2-17-14-7-4-3-6-12(14)10-13(11-16)15-8-5-9-18-15/h3-9,11,13H,2,10H2,1H3. The first-order chi connectivity index (χ1) is 8.85. The molecule has 0 aliphatic heterocycles. The molecular weight excluding hydrogens is 244 g/mol. The summed E-state index contributed by atoms with van der Waals surface area (Å²) < 4.78 is 5.59. The van der Waals surface area contributed by atoms with Crippen LogP contribution in [0.3, 0.4) is 0 Å². The van der Waals surface area contributed by atoms with Crippen LogP contribution < -0.4 is 4.74 Å². The summed E-state index contributed by atoms with van der Waals surface area (Å²) in [4.78, 5) is 12.4. The van der Waals surface area contributed by atoms with E-state index >= 15 is 0 Å². The van der Waals surface area contributed by atoms with E-state index in [2.05, 4.69) is 0 Å². The number of rotatable bonds is 6. The van der Waals surface area contributed by atoms with Crippen LogP contribution in [0.15, 0.2) is 41.8 Å². The van der Waals surface area contributed by atoms with E-state index in [1.807, 2.05) is 48.7 Å². The highest BCUT2D eigenvalue weighted by Gasteiger charge is 2.14. The fraction of sp³-hybridized carbons (Fsp3) is 0.267. The van der Waals surface area contributed by atoms with Gasteiger partial charge in [-0.1, -0.05) is 24.3 Å². The summed E-state index contributed by atoms with van der Waals surface area (Å²) in [7, 11) is 0. The fourth-order valence-electron chi connectivity index (χ4n) is 1.92. The number of benzene rings is 1. The van der Waals surface area contributed by atoms with Gasteiger partial charge in [0.25, 0.3) is 0 Å². The summed E-state index contributed by atoms with van der Waals surface area (Å²) in [6, 6.07) is 11.9. The second-order valence-corrected chi connectivity index (χ2v) is 4.98. The molecule has 2 rings (SSSR count). The molecule has 94 valence electrons. The van der Waals surface area contributed by atoms with E-state index in [0.717, 1.165) is 22.5 Å². The van der Waals surface area contributed by atoms with Gasteiger partial charge in [-0.3, -0.25) is 0 Å². The average molecular weight is 260 g/mol. The van der Waals surface area contributed by atoms with Gasteiger partial charge in [0.1, 0.15) is 12.0 Å². The number of carbonyl (C=O) groups excluding carboxylic acids is 1. The Morgan fingerprint density at radius 1 is 1.28 bits per heavy atom. The molecule has 18 heavy (non-hydrogen) atoms. The molecule has 0 aliphatic rings. The largest absolute Gasteiger partial charge is 0.494 e. The summed E-state index contributed by atoms with van der Waals surface area (Å²) in [6.07, 6.45) is 1.72. The first-order valence-corrected chi connectivity index (χ1v) is 6.92. The van der Waals surface area contributed by atoms with E-state index in [1.54, 1.807) is 11.3 Å². The zero-order chi connectivity index (χ0) is 12.8. The van der Waals surface area contributed by atoms with Crippen LogP contribution in [0.5, 0.6) is 5.75 Å². The second-order valence-electron chi connectivity index (χ2n) is 4.00. The molecule has 2 nitrogen and oxygen atoms in total. The van der Waals surface area contributed by atoms with Crippen molar-refractivity contribution in [1.82, 2.24) is 0 Å². The number of ether oxygens (including phenoxy) is 1. The molecule has 0 amide bonds. The Bertz CT molecular complexity index is 491. The molecule has 0 saturated heterocycles.